The van der Waals surface area contributed by atoms with Gasteiger partial charge in [0.1, 0.15) is 5.75 Å². The van der Waals surface area contributed by atoms with E-state index in [0.717, 1.165) is 29.2 Å². The van der Waals surface area contributed by atoms with Crippen molar-refractivity contribution in [3.63, 3.8) is 0 Å². The molecule has 0 spiro atoms. The molecule has 0 aliphatic heterocycles. The molecule has 0 bridgehead atoms. The van der Waals surface area contributed by atoms with E-state index in [1.165, 1.54) is 93.7 Å². The summed E-state index contributed by atoms with van der Waals surface area (Å²) in [6, 6.07) is 15.6. The molecule has 0 radical (unpaired) electrons. The summed E-state index contributed by atoms with van der Waals surface area (Å²) < 4.78 is 7.04. The molecule has 3 rings (SSSR count). The average molecular weight is 472 g/mol. The van der Waals surface area contributed by atoms with E-state index >= 15 is 0 Å². The topological polar surface area (TPSA) is 9.23 Å². The van der Waals surface area contributed by atoms with Crippen molar-refractivity contribution in [1.29, 1.82) is 0 Å². The van der Waals surface area contributed by atoms with E-state index in [1.807, 2.05) is 0 Å². The summed E-state index contributed by atoms with van der Waals surface area (Å²) in [5, 5.41) is 0. The van der Waals surface area contributed by atoms with Crippen LogP contribution < -0.4 is 4.74 Å². The maximum Gasteiger partial charge on any atom is 0.133 e. The lowest BCUT2D eigenvalue weighted by Gasteiger charge is -2.21. The first-order valence-corrected chi connectivity index (χ1v) is 13.1. The molecule has 2 heteroatoms. The number of halogens is 1. The second-order valence-electron chi connectivity index (χ2n) is 9.00. The molecule has 0 amide bonds. The van der Waals surface area contributed by atoms with Crippen LogP contribution in [0.3, 0.4) is 0 Å². The second-order valence-corrected chi connectivity index (χ2v) is 9.86. The van der Waals surface area contributed by atoms with Gasteiger partial charge in [-0.1, -0.05) is 101 Å². The van der Waals surface area contributed by atoms with Gasteiger partial charge in [0.15, 0.2) is 0 Å². The number of rotatable bonds is 12. The highest BCUT2D eigenvalue weighted by molar-refractivity contribution is 9.10. The minimum atomic E-state index is 0.805. The predicted molar refractivity (Wildman–Crippen MR) is 133 cm³/mol. The van der Waals surface area contributed by atoms with E-state index in [-0.39, 0.29) is 0 Å². The third kappa shape index (κ3) is 7.76. The first-order valence-electron chi connectivity index (χ1n) is 12.3. The van der Waals surface area contributed by atoms with Crippen LogP contribution in [-0.4, -0.2) is 6.61 Å². The lowest BCUT2D eigenvalue weighted by Crippen LogP contribution is -2.07. The highest BCUT2D eigenvalue weighted by Crippen LogP contribution is 2.32. The van der Waals surface area contributed by atoms with Crippen LogP contribution in [0, 0.1) is 5.92 Å². The Hall–Kier alpha value is -1.28. The molecule has 164 valence electrons. The lowest BCUT2D eigenvalue weighted by molar-refractivity contribution is 0.302. The van der Waals surface area contributed by atoms with Crippen molar-refractivity contribution < 1.29 is 4.74 Å². The monoisotopic (exact) mass is 470 g/mol. The molecule has 0 atom stereocenters. The zero-order valence-electron chi connectivity index (χ0n) is 18.8. The van der Waals surface area contributed by atoms with Crippen LogP contribution in [0.4, 0.5) is 0 Å². The van der Waals surface area contributed by atoms with Crippen molar-refractivity contribution in [2.24, 2.45) is 5.92 Å². The number of hydrogen-bond acceptors (Lipinski definition) is 1. The van der Waals surface area contributed by atoms with Crippen LogP contribution in [0.15, 0.2) is 46.9 Å². The molecule has 2 aromatic carbocycles. The largest absolute Gasteiger partial charge is 0.492 e. The second kappa shape index (κ2) is 13.2. The van der Waals surface area contributed by atoms with Gasteiger partial charge in [0.05, 0.1) is 11.1 Å². The van der Waals surface area contributed by atoms with Crippen molar-refractivity contribution in [3.05, 3.63) is 52.5 Å². The van der Waals surface area contributed by atoms with Gasteiger partial charge in [-0.2, -0.15) is 0 Å². The number of ether oxygens (including phenoxy) is 1. The number of hydrogen-bond donors (Lipinski definition) is 0. The van der Waals surface area contributed by atoms with E-state index in [1.54, 1.807) is 0 Å². The summed E-state index contributed by atoms with van der Waals surface area (Å²) in [6.45, 7) is 3.07. The molecule has 0 unspecified atom stereocenters. The van der Waals surface area contributed by atoms with Crippen LogP contribution >= 0.6 is 15.9 Å². The van der Waals surface area contributed by atoms with Gasteiger partial charge in [-0.15, -0.1) is 0 Å². The number of benzene rings is 2. The van der Waals surface area contributed by atoms with E-state index in [4.69, 9.17) is 4.74 Å². The number of unbranched alkanes of at least 4 members (excludes halogenated alkanes) is 5. The van der Waals surface area contributed by atoms with Crippen LogP contribution in [0.5, 0.6) is 5.75 Å². The molecular weight excluding hydrogens is 432 g/mol. The standard InChI is InChI=1S/C28H39BrO/c1-2-3-4-5-6-10-21-30-28-20-19-26(22-27(28)29)25-17-15-24(16-18-25)14-13-23-11-8-7-9-12-23/h15-20,22-23H,2-14,21H2,1H3. The van der Waals surface area contributed by atoms with Gasteiger partial charge in [0, 0.05) is 0 Å². The Bertz CT molecular complexity index is 731. The molecule has 1 nitrogen and oxygen atoms in total. The van der Waals surface area contributed by atoms with E-state index < -0.39 is 0 Å². The molecule has 1 aliphatic rings. The third-order valence-electron chi connectivity index (χ3n) is 6.54. The van der Waals surface area contributed by atoms with Gasteiger partial charge in [0.2, 0.25) is 0 Å². The summed E-state index contributed by atoms with van der Waals surface area (Å²) in [4.78, 5) is 0. The van der Waals surface area contributed by atoms with Gasteiger partial charge >= 0.3 is 0 Å². The molecular formula is C28H39BrO. The van der Waals surface area contributed by atoms with Crippen LogP contribution in [0.25, 0.3) is 11.1 Å². The molecule has 0 aromatic heterocycles. The molecule has 30 heavy (non-hydrogen) atoms. The van der Waals surface area contributed by atoms with E-state index in [0.29, 0.717) is 0 Å². The number of aryl methyl sites for hydroxylation is 1. The Morgan fingerprint density at radius 1 is 0.833 bits per heavy atom. The van der Waals surface area contributed by atoms with Crippen LogP contribution in [0.1, 0.15) is 89.5 Å². The van der Waals surface area contributed by atoms with Crippen molar-refractivity contribution in [3.8, 4) is 16.9 Å². The Morgan fingerprint density at radius 3 is 2.27 bits per heavy atom. The fourth-order valence-corrected chi connectivity index (χ4v) is 5.07. The molecule has 1 fully saturated rings. The first kappa shape index (κ1) is 23.4. The smallest absolute Gasteiger partial charge is 0.133 e. The summed E-state index contributed by atoms with van der Waals surface area (Å²) in [5.74, 6) is 1.91. The summed E-state index contributed by atoms with van der Waals surface area (Å²) in [5.41, 5.74) is 3.99. The Kier molecular flexibility index (Phi) is 10.3. The summed E-state index contributed by atoms with van der Waals surface area (Å²) in [6.07, 6.45) is 17.5. The van der Waals surface area contributed by atoms with Crippen molar-refractivity contribution >= 4 is 15.9 Å². The minimum absolute atomic E-state index is 0.805. The molecule has 1 saturated carbocycles. The predicted octanol–water partition coefficient (Wildman–Crippen LogP) is 9.37. The van der Waals surface area contributed by atoms with Crippen molar-refractivity contribution in [1.82, 2.24) is 0 Å². The normalized spacial score (nSPS) is 14.7. The Morgan fingerprint density at radius 2 is 1.53 bits per heavy atom. The Balaban J connectivity index is 1.45. The zero-order chi connectivity index (χ0) is 21.0. The molecule has 0 heterocycles. The van der Waals surface area contributed by atoms with Crippen LogP contribution in [-0.2, 0) is 6.42 Å². The summed E-state index contributed by atoms with van der Waals surface area (Å²) >= 11 is 3.71. The van der Waals surface area contributed by atoms with Gasteiger partial charge < -0.3 is 4.74 Å². The average Bonchev–Trinajstić information content (AvgIpc) is 2.79. The van der Waals surface area contributed by atoms with Gasteiger partial charge in [-0.3, -0.25) is 0 Å². The fraction of sp³-hybridized carbons (Fsp3) is 0.571. The molecule has 0 saturated heterocycles. The maximum absolute atomic E-state index is 6.00. The minimum Gasteiger partial charge on any atom is -0.492 e. The molecule has 2 aromatic rings. The van der Waals surface area contributed by atoms with Crippen LogP contribution in [0.2, 0.25) is 0 Å². The lowest BCUT2D eigenvalue weighted by atomic mass is 9.85. The van der Waals surface area contributed by atoms with Gasteiger partial charge in [-0.05, 0) is 69.9 Å². The van der Waals surface area contributed by atoms with E-state index in [9.17, 15) is 0 Å². The highest BCUT2D eigenvalue weighted by Gasteiger charge is 2.13. The van der Waals surface area contributed by atoms with Gasteiger partial charge in [0.25, 0.3) is 0 Å². The molecule has 1 aliphatic carbocycles. The zero-order valence-corrected chi connectivity index (χ0v) is 20.4. The van der Waals surface area contributed by atoms with Gasteiger partial charge in [-0.25, -0.2) is 0 Å². The summed E-state index contributed by atoms with van der Waals surface area (Å²) in [7, 11) is 0. The third-order valence-corrected chi connectivity index (χ3v) is 7.16. The quantitative estimate of drug-likeness (QED) is 0.280. The fourth-order valence-electron chi connectivity index (χ4n) is 4.57. The van der Waals surface area contributed by atoms with E-state index in [2.05, 4.69) is 65.3 Å². The first-order chi connectivity index (χ1) is 14.8. The SMILES string of the molecule is CCCCCCCCOc1ccc(-c2ccc(CCC3CCCCC3)cc2)cc1Br. The van der Waals surface area contributed by atoms with Crippen molar-refractivity contribution in [2.75, 3.05) is 6.61 Å². The Labute approximate surface area is 192 Å². The van der Waals surface area contributed by atoms with Crippen molar-refractivity contribution in [2.45, 2.75) is 90.4 Å². The maximum atomic E-state index is 6.00. The highest BCUT2D eigenvalue weighted by atomic mass is 79.9. The molecule has 0 N–H and O–H groups in total.